The topological polar surface area (TPSA) is 51.5 Å². The third kappa shape index (κ3) is 4.79. The first-order valence-corrected chi connectivity index (χ1v) is 9.15. The van der Waals surface area contributed by atoms with Gasteiger partial charge < -0.3 is 14.5 Å². The molecule has 0 fully saturated rings. The van der Waals surface area contributed by atoms with Crippen molar-refractivity contribution >= 4 is 5.91 Å². The average Bonchev–Trinajstić information content (AvgIpc) is 3.19. The zero-order valence-corrected chi connectivity index (χ0v) is 15.9. The fourth-order valence-corrected chi connectivity index (χ4v) is 3.01. The third-order valence-electron chi connectivity index (χ3n) is 4.42. The molecule has 3 rings (SSSR count). The van der Waals surface area contributed by atoms with Gasteiger partial charge in [-0.05, 0) is 47.7 Å². The molecule has 2 aromatic carbocycles. The van der Waals surface area contributed by atoms with E-state index in [1.54, 1.807) is 6.26 Å². The summed E-state index contributed by atoms with van der Waals surface area (Å²) in [6, 6.07) is 19.2. The molecule has 1 aromatic heterocycles. The van der Waals surface area contributed by atoms with E-state index < -0.39 is 0 Å². The molecule has 0 unspecified atom stereocenters. The number of hydrogen-bond donors (Lipinski definition) is 1. The van der Waals surface area contributed by atoms with E-state index in [0.29, 0.717) is 11.7 Å². The lowest BCUT2D eigenvalue weighted by Crippen LogP contribution is -2.33. The third-order valence-corrected chi connectivity index (χ3v) is 4.42. The number of carbonyl (C=O) groups excluding carboxylic acids is 1. The molecule has 0 radical (unpaired) electrons. The molecule has 1 heterocycles. The first-order chi connectivity index (χ1) is 13.0. The quantitative estimate of drug-likeness (QED) is 0.643. The van der Waals surface area contributed by atoms with Crippen molar-refractivity contribution in [3.05, 3.63) is 89.4 Å². The van der Waals surface area contributed by atoms with E-state index in [4.69, 9.17) is 9.15 Å². The number of ether oxygens (including phenoxy) is 1. The predicted molar refractivity (Wildman–Crippen MR) is 106 cm³/mol. The van der Waals surface area contributed by atoms with Gasteiger partial charge in [-0.2, -0.15) is 0 Å². The molecule has 0 aliphatic heterocycles. The number of nitrogens with one attached hydrogen (secondary N) is 1. The van der Waals surface area contributed by atoms with E-state index in [2.05, 4.69) is 31.3 Å². The molecule has 4 nitrogen and oxygen atoms in total. The molecule has 3 aromatic rings. The Kier molecular flexibility index (Phi) is 5.97. The van der Waals surface area contributed by atoms with Gasteiger partial charge in [-0.15, -0.1) is 0 Å². The van der Waals surface area contributed by atoms with Gasteiger partial charge in [-0.25, -0.2) is 0 Å². The van der Waals surface area contributed by atoms with Crippen LogP contribution < -0.4 is 10.1 Å². The summed E-state index contributed by atoms with van der Waals surface area (Å²) >= 11 is 0. The summed E-state index contributed by atoms with van der Waals surface area (Å²) in [5.41, 5.74) is 3.16. The number of benzene rings is 2. The van der Waals surface area contributed by atoms with Gasteiger partial charge in [0.2, 0.25) is 0 Å². The fourth-order valence-electron chi connectivity index (χ4n) is 3.01. The van der Waals surface area contributed by atoms with Crippen molar-refractivity contribution in [1.29, 1.82) is 0 Å². The molecule has 0 aliphatic rings. The summed E-state index contributed by atoms with van der Waals surface area (Å²) in [5, 5.41) is 3.01. The van der Waals surface area contributed by atoms with E-state index in [9.17, 15) is 4.79 Å². The van der Waals surface area contributed by atoms with Crippen LogP contribution in [0, 0.1) is 6.92 Å². The minimum absolute atomic E-state index is 0.0484. The standard InChI is InChI=1S/C23H25NO3/c1-16(2)19-12-11-17(3)14-21(19)27-15-22(25)24-23(20-10-7-13-26-20)18-8-5-4-6-9-18/h4-14,16,23H,15H2,1-3H3,(H,24,25)/t23-/m0/s1. The van der Waals surface area contributed by atoms with Crippen LogP contribution in [0.3, 0.4) is 0 Å². The molecule has 140 valence electrons. The van der Waals surface area contributed by atoms with Gasteiger partial charge in [0.1, 0.15) is 17.6 Å². The summed E-state index contributed by atoms with van der Waals surface area (Å²) in [4.78, 5) is 12.6. The second kappa shape index (κ2) is 8.58. The number of aryl methyl sites for hydroxylation is 1. The van der Waals surface area contributed by atoms with Crippen LogP contribution in [0.4, 0.5) is 0 Å². The van der Waals surface area contributed by atoms with E-state index in [1.807, 2.05) is 55.5 Å². The Morgan fingerprint density at radius 2 is 1.85 bits per heavy atom. The molecule has 0 bridgehead atoms. The van der Waals surface area contributed by atoms with Gasteiger partial charge in [0.25, 0.3) is 5.91 Å². The summed E-state index contributed by atoms with van der Waals surface area (Å²) in [6.45, 7) is 6.19. The second-order valence-corrected chi connectivity index (χ2v) is 6.91. The molecule has 4 heteroatoms. The minimum Gasteiger partial charge on any atom is -0.483 e. The van der Waals surface area contributed by atoms with Crippen LogP contribution in [-0.4, -0.2) is 12.5 Å². The molecular weight excluding hydrogens is 338 g/mol. The highest BCUT2D eigenvalue weighted by Crippen LogP contribution is 2.27. The monoisotopic (exact) mass is 363 g/mol. The highest BCUT2D eigenvalue weighted by molar-refractivity contribution is 5.78. The number of furan rings is 1. The number of amides is 1. The smallest absolute Gasteiger partial charge is 0.258 e. The summed E-state index contributed by atoms with van der Waals surface area (Å²) in [5.74, 6) is 1.57. The zero-order chi connectivity index (χ0) is 19.2. The number of rotatable bonds is 7. The van der Waals surface area contributed by atoms with Crippen molar-refractivity contribution in [2.24, 2.45) is 0 Å². The Hall–Kier alpha value is -3.01. The highest BCUT2D eigenvalue weighted by Gasteiger charge is 2.20. The lowest BCUT2D eigenvalue weighted by atomic mass is 10.0. The van der Waals surface area contributed by atoms with E-state index in [0.717, 1.165) is 22.4 Å². The van der Waals surface area contributed by atoms with Crippen LogP contribution in [0.15, 0.2) is 71.3 Å². The Morgan fingerprint density at radius 1 is 1.07 bits per heavy atom. The number of carbonyl (C=O) groups is 1. The van der Waals surface area contributed by atoms with Gasteiger partial charge >= 0.3 is 0 Å². The Balaban J connectivity index is 1.72. The summed E-state index contributed by atoms with van der Waals surface area (Å²) < 4.78 is 11.4. The lowest BCUT2D eigenvalue weighted by molar-refractivity contribution is -0.123. The maximum absolute atomic E-state index is 12.6. The SMILES string of the molecule is Cc1ccc(C(C)C)c(OCC(=O)N[C@@H](c2ccccc2)c2ccco2)c1. The Bertz CT molecular complexity index is 870. The van der Waals surface area contributed by atoms with Gasteiger partial charge in [-0.1, -0.05) is 56.3 Å². The Labute approximate surface area is 160 Å². The molecule has 27 heavy (non-hydrogen) atoms. The summed E-state index contributed by atoms with van der Waals surface area (Å²) in [7, 11) is 0. The zero-order valence-electron chi connectivity index (χ0n) is 15.9. The van der Waals surface area contributed by atoms with Crippen LogP contribution in [0.25, 0.3) is 0 Å². The van der Waals surface area contributed by atoms with E-state index in [-0.39, 0.29) is 18.6 Å². The van der Waals surface area contributed by atoms with Gasteiger partial charge in [0.05, 0.1) is 6.26 Å². The molecule has 0 saturated heterocycles. The van der Waals surface area contributed by atoms with Crippen molar-refractivity contribution in [3.63, 3.8) is 0 Å². The van der Waals surface area contributed by atoms with Gasteiger partial charge in [-0.3, -0.25) is 4.79 Å². The van der Waals surface area contributed by atoms with Crippen LogP contribution >= 0.6 is 0 Å². The molecular formula is C23H25NO3. The predicted octanol–water partition coefficient (Wildman–Crippen LogP) is 5.00. The first kappa shape index (κ1) is 18.8. The fraction of sp³-hybridized carbons (Fsp3) is 0.261. The molecule has 1 amide bonds. The molecule has 0 spiro atoms. The van der Waals surface area contributed by atoms with Gasteiger partial charge in [0, 0.05) is 0 Å². The van der Waals surface area contributed by atoms with E-state index >= 15 is 0 Å². The van der Waals surface area contributed by atoms with Crippen molar-refractivity contribution in [1.82, 2.24) is 5.32 Å². The summed E-state index contributed by atoms with van der Waals surface area (Å²) in [6.07, 6.45) is 1.61. The molecule has 1 atom stereocenters. The van der Waals surface area contributed by atoms with Crippen molar-refractivity contribution in [2.75, 3.05) is 6.61 Å². The van der Waals surface area contributed by atoms with Crippen molar-refractivity contribution in [3.8, 4) is 5.75 Å². The second-order valence-electron chi connectivity index (χ2n) is 6.91. The van der Waals surface area contributed by atoms with Crippen LogP contribution in [0.5, 0.6) is 5.75 Å². The maximum Gasteiger partial charge on any atom is 0.258 e. The van der Waals surface area contributed by atoms with Crippen molar-refractivity contribution < 1.29 is 13.9 Å². The average molecular weight is 363 g/mol. The molecule has 1 N–H and O–H groups in total. The minimum atomic E-state index is -0.348. The molecule has 0 aliphatic carbocycles. The van der Waals surface area contributed by atoms with Crippen LogP contribution in [0.1, 0.15) is 48.3 Å². The lowest BCUT2D eigenvalue weighted by Gasteiger charge is -2.18. The van der Waals surface area contributed by atoms with Gasteiger partial charge in [0.15, 0.2) is 6.61 Å². The largest absolute Gasteiger partial charge is 0.483 e. The number of hydrogen-bond acceptors (Lipinski definition) is 3. The molecule has 0 saturated carbocycles. The van der Waals surface area contributed by atoms with Crippen molar-refractivity contribution in [2.45, 2.75) is 32.7 Å². The van der Waals surface area contributed by atoms with E-state index in [1.165, 1.54) is 0 Å². The van der Waals surface area contributed by atoms with Crippen LogP contribution in [-0.2, 0) is 4.79 Å². The normalized spacial score (nSPS) is 12.0. The first-order valence-electron chi connectivity index (χ1n) is 9.15. The highest BCUT2D eigenvalue weighted by atomic mass is 16.5. The Morgan fingerprint density at radius 3 is 2.52 bits per heavy atom. The maximum atomic E-state index is 12.6. The van der Waals surface area contributed by atoms with Crippen LogP contribution in [0.2, 0.25) is 0 Å².